The minimum absolute atomic E-state index is 0. The third-order valence-corrected chi connectivity index (χ3v) is 4.99. The molecule has 162 valence electrons. The third-order valence-electron chi connectivity index (χ3n) is 4.99. The molecule has 1 atom stereocenters. The molecule has 0 radical (unpaired) electrons. The lowest BCUT2D eigenvalue weighted by Gasteiger charge is -2.19. The molecule has 0 aliphatic carbocycles. The lowest BCUT2D eigenvalue weighted by Crippen LogP contribution is -2.39. The highest BCUT2D eigenvalue weighted by molar-refractivity contribution is 14.0. The smallest absolute Gasteiger partial charge is 0.227 e. The Bertz CT molecular complexity index is 843. The average molecular weight is 526 g/mol. The summed E-state index contributed by atoms with van der Waals surface area (Å²) in [5.74, 6) is 0.566. The van der Waals surface area contributed by atoms with Crippen molar-refractivity contribution in [2.24, 2.45) is 4.99 Å². The summed E-state index contributed by atoms with van der Waals surface area (Å²) in [5, 5.41) is 6.50. The molecule has 1 heterocycles. The number of benzene rings is 2. The Morgan fingerprint density at radius 3 is 2.43 bits per heavy atom. The van der Waals surface area contributed by atoms with Crippen LogP contribution in [-0.4, -0.2) is 39.1 Å². The molecule has 2 aromatic rings. The zero-order valence-electron chi connectivity index (χ0n) is 17.2. The van der Waals surface area contributed by atoms with Gasteiger partial charge < -0.3 is 20.3 Å². The molecular weight excluding hydrogens is 498 g/mol. The average Bonchev–Trinajstić information content (AvgIpc) is 3.18. The molecule has 6 nitrogen and oxygen atoms in total. The van der Waals surface area contributed by atoms with Gasteiger partial charge in [0.2, 0.25) is 5.91 Å². The van der Waals surface area contributed by atoms with Crippen LogP contribution < -0.4 is 15.5 Å². The standard InChI is InChI=1S/C22H27FN4O2.HI/c1-24-22(26-15-20(29-2)17-7-9-18(23)10-8-17)25-14-16-5-11-19(12-6-16)27-13-3-4-21(27)28;/h5-12,20H,3-4,13-15H2,1-2H3,(H2,24,25,26);1H. The van der Waals surface area contributed by atoms with E-state index in [4.69, 9.17) is 4.74 Å². The van der Waals surface area contributed by atoms with Gasteiger partial charge in [0.25, 0.3) is 0 Å². The number of halogens is 2. The number of nitrogens with zero attached hydrogens (tertiary/aromatic N) is 2. The van der Waals surface area contributed by atoms with Gasteiger partial charge in [0.1, 0.15) is 5.82 Å². The molecule has 8 heteroatoms. The van der Waals surface area contributed by atoms with Crippen LogP contribution in [-0.2, 0) is 16.1 Å². The maximum Gasteiger partial charge on any atom is 0.227 e. The Morgan fingerprint density at radius 1 is 1.17 bits per heavy atom. The quantitative estimate of drug-likeness (QED) is 0.329. The largest absolute Gasteiger partial charge is 0.375 e. The summed E-state index contributed by atoms with van der Waals surface area (Å²) < 4.78 is 18.6. The van der Waals surface area contributed by atoms with E-state index in [9.17, 15) is 9.18 Å². The molecule has 30 heavy (non-hydrogen) atoms. The van der Waals surface area contributed by atoms with Gasteiger partial charge in [-0.3, -0.25) is 9.79 Å². The van der Waals surface area contributed by atoms with Crippen LogP contribution in [0.1, 0.15) is 30.1 Å². The minimum Gasteiger partial charge on any atom is -0.375 e. The van der Waals surface area contributed by atoms with Crippen molar-refractivity contribution in [2.75, 3.05) is 32.1 Å². The van der Waals surface area contributed by atoms with Crippen LogP contribution >= 0.6 is 24.0 Å². The zero-order valence-corrected chi connectivity index (χ0v) is 19.6. The fourth-order valence-corrected chi connectivity index (χ4v) is 3.33. The molecule has 0 saturated carbocycles. The van der Waals surface area contributed by atoms with Gasteiger partial charge in [0.05, 0.1) is 6.10 Å². The number of ether oxygens (including phenoxy) is 1. The normalized spacial score (nSPS) is 15.0. The highest BCUT2D eigenvalue weighted by Crippen LogP contribution is 2.21. The van der Waals surface area contributed by atoms with Crippen molar-refractivity contribution in [3.63, 3.8) is 0 Å². The van der Waals surface area contributed by atoms with Crippen LogP contribution in [0.2, 0.25) is 0 Å². The van der Waals surface area contributed by atoms with Gasteiger partial charge in [-0.2, -0.15) is 0 Å². The Kier molecular flexibility index (Phi) is 9.51. The Balaban J connectivity index is 0.00000320. The van der Waals surface area contributed by atoms with E-state index in [1.807, 2.05) is 29.2 Å². The molecule has 1 fully saturated rings. The maximum atomic E-state index is 13.1. The van der Waals surface area contributed by atoms with Gasteiger partial charge >= 0.3 is 0 Å². The first kappa shape index (κ1) is 24.1. The Labute approximate surface area is 193 Å². The van der Waals surface area contributed by atoms with Crippen LogP contribution in [0.25, 0.3) is 0 Å². The molecule has 0 bridgehead atoms. The second-order valence-electron chi connectivity index (χ2n) is 6.90. The van der Waals surface area contributed by atoms with E-state index in [2.05, 4.69) is 15.6 Å². The topological polar surface area (TPSA) is 66.0 Å². The first-order chi connectivity index (χ1) is 14.1. The predicted molar refractivity (Wildman–Crippen MR) is 128 cm³/mol. The van der Waals surface area contributed by atoms with Gasteiger partial charge in [0.15, 0.2) is 5.96 Å². The van der Waals surface area contributed by atoms with E-state index in [0.717, 1.165) is 29.8 Å². The highest BCUT2D eigenvalue weighted by Gasteiger charge is 2.21. The lowest BCUT2D eigenvalue weighted by atomic mass is 10.1. The van der Waals surface area contributed by atoms with E-state index in [0.29, 0.717) is 25.5 Å². The third kappa shape index (κ3) is 6.40. The van der Waals surface area contributed by atoms with Gasteiger partial charge in [-0.1, -0.05) is 24.3 Å². The first-order valence-electron chi connectivity index (χ1n) is 9.73. The molecule has 2 N–H and O–H groups in total. The highest BCUT2D eigenvalue weighted by atomic mass is 127. The van der Waals surface area contributed by atoms with Crippen molar-refractivity contribution in [2.45, 2.75) is 25.5 Å². The van der Waals surface area contributed by atoms with Crippen molar-refractivity contribution >= 4 is 41.5 Å². The molecule has 0 aromatic heterocycles. The molecular formula is C22H28FIN4O2. The summed E-state index contributed by atoms with van der Waals surface area (Å²) >= 11 is 0. The SMILES string of the molecule is CN=C(NCc1ccc(N2CCCC2=O)cc1)NCC(OC)c1ccc(F)cc1.I. The van der Waals surface area contributed by atoms with Gasteiger partial charge in [0, 0.05) is 45.9 Å². The Hall–Kier alpha value is -2.20. The minimum atomic E-state index is -0.269. The number of hydrogen-bond acceptors (Lipinski definition) is 3. The zero-order chi connectivity index (χ0) is 20.6. The first-order valence-corrected chi connectivity index (χ1v) is 9.73. The van der Waals surface area contributed by atoms with Crippen molar-refractivity contribution in [3.8, 4) is 0 Å². The number of nitrogens with one attached hydrogen (secondary N) is 2. The lowest BCUT2D eigenvalue weighted by molar-refractivity contribution is -0.117. The van der Waals surface area contributed by atoms with E-state index in [1.165, 1.54) is 12.1 Å². The van der Waals surface area contributed by atoms with Crippen molar-refractivity contribution in [1.29, 1.82) is 0 Å². The summed E-state index contributed by atoms with van der Waals surface area (Å²) in [4.78, 5) is 17.9. The number of rotatable bonds is 7. The summed E-state index contributed by atoms with van der Waals surface area (Å²) in [6, 6.07) is 14.3. The van der Waals surface area contributed by atoms with Crippen LogP contribution in [0.4, 0.5) is 10.1 Å². The fraction of sp³-hybridized carbons (Fsp3) is 0.364. The van der Waals surface area contributed by atoms with Crippen molar-refractivity contribution in [1.82, 2.24) is 10.6 Å². The van der Waals surface area contributed by atoms with E-state index < -0.39 is 0 Å². The number of carbonyl (C=O) groups excluding carboxylic acids is 1. The number of aliphatic imine (C=N–C) groups is 1. The summed E-state index contributed by atoms with van der Waals surface area (Å²) in [5.41, 5.74) is 2.93. The van der Waals surface area contributed by atoms with E-state index >= 15 is 0 Å². The van der Waals surface area contributed by atoms with E-state index in [1.54, 1.807) is 26.3 Å². The summed E-state index contributed by atoms with van der Waals surface area (Å²) in [6.07, 6.45) is 1.34. The molecule has 0 spiro atoms. The second kappa shape index (κ2) is 11.8. The number of hydrogen-bond donors (Lipinski definition) is 2. The molecule has 1 aliphatic heterocycles. The van der Waals surface area contributed by atoms with Gasteiger partial charge in [-0.05, 0) is 41.8 Å². The molecule has 1 saturated heterocycles. The van der Waals surface area contributed by atoms with Crippen LogP contribution in [0, 0.1) is 5.82 Å². The number of methoxy groups -OCH3 is 1. The molecule has 1 amide bonds. The van der Waals surface area contributed by atoms with Crippen LogP contribution in [0.15, 0.2) is 53.5 Å². The van der Waals surface area contributed by atoms with Crippen molar-refractivity contribution < 1.29 is 13.9 Å². The molecule has 3 rings (SSSR count). The second-order valence-corrected chi connectivity index (χ2v) is 6.90. The molecule has 1 unspecified atom stereocenters. The van der Waals surface area contributed by atoms with Crippen LogP contribution in [0.5, 0.6) is 0 Å². The number of carbonyl (C=O) groups is 1. The number of guanidine groups is 1. The summed E-state index contributed by atoms with van der Waals surface area (Å²) in [7, 11) is 3.33. The Morgan fingerprint density at radius 2 is 1.87 bits per heavy atom. The van der Waals surface area contributed by atoms with Crippen molar-refractivity contribution in [3.05, 3.63) is 65.5 Å². The summed E-state index contributed by atoms with van der Waals surface area (Å²) in [6.45, 7) is 1.89. The van der Waals surface area contributed by atoms with Crippen LogP contribution in [0.3, 0.4) is 0 Å². The van der Waals surface area contributed by atoms with Gasteiger partial charge in [-0.15, -0.1) is 24.0 Å². The van der Waals surface area contributed by atoms with Gasteiger partial charge in [-0.25, -0.2) is 4.39 Å². The monoisotopic (exact) mass is 526 g/mol. The van der Waals surface area contributed by atoms with E-state index in [-0.39, 0.29) is 41.8 Å². The molecule has 1 aliphatic rings. The fourth-order valence-electron chi connectivity index (χ4n) is 3.33. The number of amides is 1. The predicted octanol–water partition coefficient (Wildman–Crippen LogP) is 3.62. The molecule has 2 aromatic carbocycles. The number of anilines is 1. The maximum absolute atomic E-state index is 13.1.